The van der Waals surface area contributed by atoms with Crippen molar-refractivity contribution < 1.29 is 80.2 Å². The molecule has 2 unspecified atom stereocenters. The normalized spacial score (nSPS) is 13.7. The molecule has 0 heterocycles. The largest absolute Gasteiger partial charge is 0.472 e. The maximum atomic E-state index is 13.1. The molecule has 0 aromatic rings. The summed E-state index contributed by atoms with van der Waals surface area (Å²) in [6.45, 7) is 5.04. The Morgan fingerprint density at radius 2 is 0.377 bits per heavy atom. The number of phosphoric acid groups is 2. The average Bonchev–Trinajstić information content (AvgIpc) is 0.902. The number of unbranched alkanes of at least 4 members (excludes halogenated alkanes) is 62. The third-order valence-electron chi connectivity index (χ3n) is 20.6. The lowest BCUT2D eigenvalue weighted by atomic mass is 10.0. The molecule has 19 heteroatoms. The molecule has 0 aliphatic rings. The number of ether oxygens (including phenoxy) is 4. The van der Waals surface area contributed by atoms with Crippen LogP contribution in [0.4, 0.5) is 0 Å². The fraction of sp³-hybridized carbons (Fsp3) is 0.954. The highest BCUT2D eigenvalue weighted by molar-refractivity contribution is 7.47. The van der Waals surface area contributed by atoms with E-state index < -0.39 is 97.5 Å². The summed E-state index contributed by atoms with van der Waals surface area (Å²) >= 11 is 0. The standard InChI is InChI=1S/C87H170O17P2/c1-5-9-13-17-21-25-28-31-34-37-40-41-43-46-49-52-55-58-62-66-70-74-87(92)104-83(78-98-85(90)72-68-64-60-56-53-50-47-45-42-38-35-32-29-26-22-18-14-10-6-2)80-102-106(95,96)100-76-81(88)75-99-105(93,94)101-79-82(77-97-84(89)71-67-63-59-24-20-16-12-8-4)103-86(91)73-69-65-61-57-54-51-48-44-39-36-33-30-27-23-19-15-11-7-3/h81-83,88H,5-80H2,1-4H3,(H,93,94)(H,95,96)/t81-,82+,83+/m0/s1. The van der Waals surface area contributed by atoms with Gasteiger partial charge in [-0.3, -0.25) is 37.3 Å². The van der Waals surface area contributed by atoms with Crippen molar-refractivity contribution in [2.24, 2.45) is 0 Å². The lowest BCUT2D eigenvalue weighted by molar-refractivity contribution is -0.161. The van der Waals surface area contributed by atoms with Gasteiger partial charge in [-0.1, -0.05) is 426 Å². The molecule has 0 saturated carbocycles. The van der Waals surface area contributed by atoms with Gasteiger partial charge in [-0.15, -0.1) is 0 Å². The molecule has 0 spiro atoms. The molecule has 17 nitrogen and oxygen atoms in total. The maximum absolute atomic E-state index is 13.1. The van der Waals surface area contributed by atoms with E-state index in [1.54, 1.807) is 0 Å². The first-order chi connectivity index (χ1) is 51.7. The molecule has 5 atom stereocenters. The molecule has 0 radical (unpaired) electrons. The van der Waals surface area contributed by atoms with Crippen molar-refractivity contribution in [3.63, 3.8) is 0 Å². The van der Waals surface area contributed by atoms with Crippen LogP contribution in [-0.2, 0) is 65.4 Å². The Hall–Kier alpha value is -1.94. The summed E-state index contributed by atoms with van der Waals surface area (Å²) in [7, 11) is -9.92. The average molecular weight is 1550 g/mol. The molecule has 0 fully saturated rings. The van der Waals surface area contributed by atoms with Gasteiger partial charge in [0.25, 0.3) is 0 Å². The fourth-order valence-corrected chi connectivity index (χ4v) is 15.3. The van der Waals surface area contributed by atoms with E-state index in [0.717, 1.165) is 89.9 Å². The van der Waals surface area contributed by atoms with Gasteiger partial charge in [0.05, 0.1) is 26.4 Å². The van der Waals surface area contributed by atoms with Gasteiger partial charge in [0.15, 0.2) is 12.2 Å². The molecule has 0 amide bonds. The van der Waals surface area contributed by atoms with Crippen molar-refractivity contribution >= 4 is 39.5 Å². The minimum absolute atomic E-state index is 0.109. The van der Waals surface area contributed by atoms with Crippen LogP contribution in [0.15, 0.2) is 0 Å². The predicted molar refractivity (Wildman–Crippen MR) is 437 cm³/mol. The summed E-state index contributed by atoms with van der Waals surface area (Å²) in [5.41, 5.74) is 0. The number of rotatable bonds is 88. The van der Waals surface area contributed by atoms with Gasteiger partial charge in [0.1, 0.15) is 19.3 Å². The predicted octanol–water partition coefficient (Wildman–Crippen LogP) is 26.9. The van der Waals surface area contributed by atoms with Gasteiger partial charge >= 0.3 is 39.5 Å². The van der Waals surface area contributed by atoms with Crippen LogP contribution in [-0.4, -0.2) is 96.7 Å². The van der Waals surface area contributed by atoms with Crippen LogP contribution in [0.2, 0.25) is 0 Å². The van der Waals surface area contributed by atoms with Crippen molar-refractivity contribution in [3.05, 3.63) is 0 Å². The molecule has 630 valence electrons. The van der Waals surface area contributed by atoms with Crippen molar-refractivity contribution in [1.29, 1.82) is 0 Å². The zero-order valence-corrected chi connectivity index (χ0v) is 71.2. The number of aliphatic hydroxyl groups excluding tert-OH is 1. The highest BCUT2D eigenvalue weighted by Crippen LogP contribution is 2.45. The third kappa shape index (κ3) is 80.1. The second-order valence-corrected chi connectivity index (χ2v) is 34.2. The molecule has 0 aliphatic heterocycles. The molecule has 106 heavy (non-hydrogen) atoms. The van der Waals surface area contributed by atoms with Crippen molar-refractivity contribution in [3.8, 4) is 0 Å². The summed E-state index contributed by atoms with van der Waals surface area (Å²) in [6, 6.07) is 0. The Labute approximate surface area is 651 Å². The second-order valence-electron chi connectivity index (χ2n) is 31.3. The number of phosphoric ester groups is 2. The lowest BCUT2D eigenvalue weighted by Crippen LogP contribution is -2.30. The first kappa shape index (κ1) is 104. The van der Waals surface area contributed by atoms with Crippen molar-refractivity contribution in [1.82, 2.24) is 0 Å². The minimum atomic E-state index is -4.96. The Balaban J connectivity index is 5.17. The maximum Gasteiger partial charge on any atom is 0.472 e. The van der Waals surface area contributed by atoms with E-state index >= 15 is 0 Å². The molecule has 3 N–H and O–H groups in total. The number of aliphatic hydroxyl groups is 1. The molecule has 0 aliphatic carbocycles. The van der Waals surface area contributed by atoms with Crippen LogP contribution in [0.5, 0.6) is 0 Å². The van der Waals surface area contributed by atoms with Gasteiger partial charge in [-0.25, -0.2) is 9.13 Å². The Kier molecular flexibility index (Phi) is 79.6. The van der Waals surface area contributed by atoms with E-state index in [0.29, 0.717) is 25.7 Å². The number of carbonyl (C=O) groups excluding carboxylic acids is 4. The lowest BCUT2D eigenvalue weighted by Gasteiger charge is -2.21. The quantitative estimate of drug-likeness (QED) is 0.0222. The number of hydrogen-bond donors (Lipinski definition) is 3. The van der Waals surface area contributed by atoms with E-state index in [1.165, 1.54) is 308 Å². The van der Waals surface area contributed by atoms with E-state index in [-0.39, 0.29) is 25.7 Å². The smallest absolute Gasteiger partial charge is 0.462 e. The first-order valence-electron chi connectivity index (χ1n) is 45.3. The summed E-state index contributed by atoms with van der Waals surface area (Å²) < 4.78 is 68.9. The highest BCUT2D eigenvalue weighted by Gasteiger charge is 2.30. The molecule has 0 aromatic heterocycles. The van der Waals surface area contributed by atoms with E-state index in [1.807, 2.05) is 0 Å². The summed E-state index contributed by atoms with van der Waals surface area (Å²) in [6.07, 6.45) is 76.6. The number of carbonyl (C=O) groups is 4. The van der Waals surface area contributed by atoms with Crippen LogP contribution in [0.1, 0.15) is 477 Å². The van der Waals surface area contributed by atoms with Gasteiger partial charge in [0, 0.05) is 25.7 Å². The Morgan fingerprint density at radius 1 is 0.226 bits per heavy atom. The van der Waals surface area contributed by atoms with Crippen LogP contribution in [0, 0.1) is 0 Å². The van der Waals surface area contributed by atoms with E-state index in [9.17, 15) is 43.2 Å². The highest BCUT2D eigenvalue weighted by atomic mass is 31.2. The minimum Gasteiger partial charge on any atom is -0.462 e. The van der Waals surface area contributed by atoms with E-state index in [2.05, 4.69) is 27.7 Å². The fourth-order valence-electron chi connectivity index (χ4n) is 13.7. The van der Waals surface area contributed by atoms with Crippen LogP contribution in [0.25, 0.3) is 0 Å². The third-order valence-corrected chi connectivity index (χ3v) is 22.5. The number of hydrogen-bond acceptors (Lipinski definition) is 15. The molecular weight excluding hydrogens is 1380 g/mol. The van der Waals surface area contributed by atoms with Crippen LogP contribution >= 0.6 is 15.6 Å². The molecule has 0 aromatic carbocycles. The Bertz CT molecular complexity index is 2000. The van der Waals surface area contributed by atoms with Crippen molar-refractivity contribution in [2.45, 2.75) is 495 Å². The summed E-state index contributed by atoms with van der Waals surface area (Å²) in [5, 5.41) is 10.7. The van der Waals surface area contributed by atoms with Crippen LogP contribution < -0.4 is 0 Å². The summed E-state index contributed by atoms with van der Waals surface area (Å²) in [4.78, 5) is 73.2. The van der Waals surface area contributed by atoms with Crippen molar-refractivity contribution in [2.75, 3.05) is 39.6 Å². The van der Waals surface area contributed by atoms with Gasteiger partial charge < -0.3 is 33.8 Å². The molecule has 0 bridgehead atoms. The molecule has 0 saturated heterocycles. The zero-order valence-electron chi connectivity index (χ0n) is 69.4. The van der Waals surface area contributed by atoms with Gasteiger partial charge in [0.2, 0.25) is 0 Å². The Morgan fingerprint density at radius 3 is 0.557 bits per heavy atom. The SMILES string of the molecule is CCCCCCCCCCCCCCCCCCCCCCCC(=O)O[C@H](COC(=O)CCCCCCCCCCCCCCCCCCCCC)COP(=O)(O)OC[C@@H](O)COP(=O)(O)OC[C@@H](COC(=O)CCCCCCCCCC)OC(=O)CCCCCCCCCCCCCCCCCCCC. The number of esters is 4. The molecular formula is C87H170O17P2. The summed E-state index contributed by atoms with van der Waals surface area (Å²) in [5.74, 6) is -2.10. The van der Waals surface area contributed by atoms with Gasteiger partial charge in [-0.2, -0.15) is 0 Å². The monoisotopic (exact) mass is 1550 g/mol. The molecule has 0 rings (SSSR count). The zero-order chi connectivity index (χ0) is 77.4. The van der Waals surface area contributed by atoms with Gasteiger partial charge in [-0.05, 0) is 25.7 Å². The topological polar surface area (TPSA) is 237 Å². The van der Waals surface area contributed by atoms with E-state index in [4.69, 9.17) is 37.0 Å². The van der Waals surface area contributed by atoms with Crippen LogP contribution in [0.3, 0.4) is 0 Å². The second kappa shape index (κ2) is 81.1. The first-order valence-corrected chi connectivity index (χ1v) is 48.3.